The highest BCUT2D eigenvalue weighted by atomic mass is 32.2. The average Bonchev–Trinajstić information content (AvgIpc) is 2.64. The van der Waals surface area contributed by atoms with Crippen molar-refractivity contribution in [1.29, 1.82) is 0 Å². The smallest absolute Gasteiger partial charge is 0.286 e. The second kappa shape index (κ2) is 4.09. The number of hydrogen-bond acceptors (Lipinski definition) is 4. The molecule has 0 spiro atoms. The van der Waals surface area contributed by atoms with Crippen LogP contribution in [0.25, 0.3) is 0 Å². The van der Waals surface area contributed by atoms with E-state index in [4.69, 9.17) is 0 Å². The predicted octanol–water partition coefficient (Wildman–Crippen LogP) is 2.45. The second-order valence-electron chi connectivity index (χ2n) is 5.30. The predicted molar refractivity (Wildman–Crippen MR) is 75.8 cm³/mol. The summed E-state index contributed by atoms with van der Waals surface area (Å²) < 4.78 is 26.5. The zero-order chi connectivity index (χ0) is 13.7. The number of fused-ring (bicyclic) bond motifs is 4. The molecule has 5 nitrogen and oxygen atoms in total. The highest BCUT2D eigenvalue weighted by Crippen LogP contribution is 2.38. The number of hydrogen-bond donors (Lipinski definition) is 1. The first-order valence-corrected chi connectivity index (χ1v) is 8.34. The molecule has 0 bridgehead atoms. The molecule has 4 rings (SSSR count). The van der Waals surface area contributed by atoms with Gasteiger partial charge < -0.3 is 5.32 Å². The lowest BCUT2D eigenvalue weighted by atomic mass is 10.1. The topological polar surface area (TPSA) is 64.0 Å². The Morgan fingerprint density at radius 3 is 2.80 bits per heavy atom. The number of rotatable bonds is 0. The minimum absolute atomic E-state index is 0.296. The van der Waals surface area contributed by atoms with E-state index in [-0.39, 0.29) is 0 Å². The Hall–Kier alpha value is -1.82. The van der Waals surface area contributed by atoms with Crippen LogP contribution in [0.1, 0.15) is 30.5 Å². The van der Waals surface area contributed by atoms with Crippen molar-refractivity contribution in [3.8, 4) is 0 Å². The summed E-state index contributed by atoms with van der Waals surface area (Å²) in [6.07, 6.45) is 5.11. The SMILES string of the molecule is O=S1(=O)c2ccccc2Nc2c3c(nn21)CCCCC3. The summed E-state index contributed by atoms with van der Waals surface area (Å²) in [6, 6.07) is 6.99. The molecule has 20 heavy (non-hydrogen) atoms. The molecule has 1 aromatic heterocycles. The van der Waals surface area contributed by atoms with Gasteiger partial charge in [0.05, 0.1) is 11.4 Å². The van der Waals surface area contributed by atoms with Gasteiger partial charge in [-0.15, -0.1) is 4.09 Å². The summed E-state index contributed by atoms with van der Waals surface area (Å²) in [6.45, 7) is 0. The number of aryl methyl sites for hydroxylation is 1. The third-order valence-electron chi connectivity index (χ3n) is 4.02. The molecule has 0 unspecified atom stereocenters. The molecule has 104 valence electrons. The zero-order valence-electron chi connectivity index (χ0n) is 11.0. The Balaban J connectivity index is 1.97. The normalized spacial score (nSPS) is 19.2. The van der Waals surface area contributed by atoms with Gasteiger partial charge in [0.1, 0.15) is 10.7 Å². The maximum atomic E-state index is 12.7. The standard InChI is InChI=1S/C14H15N3O2S/c18-20(19)13-9-5-4-8-12(13)15-14-10-6-2-1-3-7-11(10)16-17(14)20/h4-5,8-9,15H,1-3,6-7H2. The maximum absolute atomic E-state index is 12.7. The molecule has 2 aromatic rings. The Bertz CT molecular complexity index is 793. The van der Waals surface area contributed by atoms with Gasteiger partial charge in [-0.05, 0) is 37.8 Å². The van der Waals surface area contributed by atoms with Crippen molar-refractivity contribution in [3.63, 3.8) is 0 Å². The molecule has 2 aliphatic rings. The first-order valence-electron chi connectivity index (χ1n) is 6.90. The molecule has 0 saturated carbocycles. The van der Waals surface area contributed by atoms with E-state index < -0.39 is 10.0 Å². The van der Waals surface area contributed by atoms with Crippen LogP contribution >= 0.6 is 0 Å². The first-order chi connectivity index (χ1) is 9.68. The fourth-order valence-electron chi connectivity index (χ4n) is 3.02. The van der Waals surface area contributed by atoms with E-state index >= 15 is 0 Å². The van der Waals surface area contributed by atoms with Gasteiger partial charge in [-0.25, -0.2) is 0 Å². The van der Waals surface area contributed by atoms with Crippen LogP contribution < -0.4 is 5.32 Å². The molecule has 0 saturated heterocycles. The van der Waals surface area contributed by atoms with Crippen LogP contribution in [-0.2, 0) is 22.9 Å². The Kier molecular flexibility index (Phi) is 2.44. The second-order valence-corrected chi connectivity index (χ2v) is 7.04. The van der Waals surface area contributed by atoms with Gasteiger partial charge in [-0.2, -0.15) is 13.5 Å². The fraction of sp³-hybridized carbons (Fsp3) is 0.357. The van der Waals surface area contributed by atoms with Gasteiger partial charge in [0.25, 0.3) is 10.0 Å². The van der Waals surface area contributed by atoms with E-state index in [1.165, 1.54) is 10.5 Å². The summed E-state index contributed by atoms with van der Waals surface area (Å²) >= 11 is 0. The number of benzene rings is 1. The van der Waals surface area contributed by atoms with E-state index in [2.05, 4.69) is 10.4 Å². The molecule has 2 heterocycles. The van der Waals surface area contributed by atoms with Gasteiger partial charge in [-0.3, -0.25) is 0 Å². The maximum Gasteiger partial charge on any atom is 0.286 e. The van der Waals surface area contributed by atoms with E-state index in [9.17, 15) is 8.42 Å². The molecule has 0 radical (unpaired) electrons. The van der Waals surface area contributed by atoms with Crippen molar-refractivity contribution >= 4 is 21.5 Å². The number of aromatic nitrogens is 2. The first kappa shape index (κ1) is 12.0. The summed E-state index contributed by atoms with van der Waals surface area (Å²) in [4.78, 5) is 0.296. The molecule has 0 amide bonds. The van der Waals surface area contributed by atoms with Crippen LogP contribution in [0.4, 0.5) is 11.5 Å². The van der Waals surface area contributed by atoms with Crippen LogP contribution in [0.15, 0.2) is 29.2 Å². The van der Waals surface area contributed by atoms with E-state index in [0.717, 1.165) is 36.9 Å². The van der Waals surface area contributed by atoms with E-state index in [1.807, 2.05) is 6.07 Å². The quantitative estimate of drug-likeness (QED) is 0.646. The molecule has 1 aliphatic carbocycles. The molecule has 0 atom stereocenters. The highest BCUT2D eigenvalue weighted by molar-refractivity contribution is 7.90. The number of anilines is 2. The number of nitrogens with zero attached hydrogens (tertiary/aromatic N) is 2. The molecule has 1 aliphatic heterocycles. The molecule has 0 fully saturated rings. The van der Waals surface area contributed by atoms with Crippen LogP contribution in [0, 0.1) is 0 Å². The van der Waals surface area contributed by atoms with Gasteiger partial charge >= 0.3 is 0 Å². The minimum Gasteiger partial charge on any atom is -0.338 e. The Morgan fingerprint density at radius 1 is 1.10 bits per heavy atom. The van der Waals surface area contributed by atoms with Crippen molar-refractivity contribution in [1.82, 2.24) is 9.19 Å². The third kappa shape index (κ3) is 1.54. The summed E-state index contributed by atoms with van der Waals surface area (Å²) in [5, 5.41) is 7.62. The van der Waals surface area contributed by atoms with Gasteiger partial charge in [-0.1, -0.05) is 18.6 Å². The van der Waals surface area contributed by atoms with Crippen LogP contribution in [0.2, 0.25) is 0 Å². The minimum atomic E-state index is -3.56. The molecule has 1 aromatic carbocycles. The van der Waals surface area contributed by atoms with Crippen molar-refractivity contribution in [3.05, 3.63) is 35.5 Å². The van der Waals surface area contributed by atoms with E-state index in [0.29, 0.717) is 16.4 Å². The van der Waals surface area contributed by atoms with Crippen molar-refractivity contribution in [2.75, 3.05) is 5.32 Å². The molecule has 1 N–H and O–H groups in total. The van der Waals surface area contributed by atoms with Crippen molar-refractivity contribution < 1.29 is 8.42 Å². The molecule has 6 heteroatoms. The Labute approximate surface area is 117 Å². The van der Waals surface area contributed by atoms with Crippen LogP contribution in [-0.4, -0.2) is 17.6 Å². The van der Waals surface area contributed by atoms with Crippen LogP contribution in [0.5, 0.6) is 0 Å². The lowest BCUT2D eigenvalue weighted by Crippen LogP contribution is -2.22. The monoisotopic (exact) mass is 289 g/mol. The molecular weight excluding hydrogens is 274 g/mol. The average molecular weight is 289 g/mol. The Morgan fingerprint density at radius 2 is 1.90 bits per heavy atom. The van der Waals surface area contributed by atoms with Gasteiger partial charge in [0.15, 0.2) is 0 Å². The summed E-state index contributed by atoms with van der Waals surface area (Å²) in [5.41, 5.74) is 2.65. The number of para-hydroxylation sites is 1. The third-order valence-corrected chi connectivity index (χ3v) is 5.65. The molecular formula is C14H15N3O2S. The van der Waals surface area contributed by atoms with Gasteiger partial charge in [0, 0.05) is 5.56 Å². The summed E-state index contributed by atoms with van der Waals surface area (Å²) in [5.74, 6) is 0.639. The van der Waals surface area contributed by atoms with Crippen molar-refractivity contribution in [2.45, 2.75) is 37.0 Å². The van der Waals surface area contributed by atoms with Crippen LogP contribution in [0.3, 0.4) is 0 Å². The fourth-order valence-corrected chi connectivity index (χ4v) is 4.46. The highest BCUT2D eigenvalue weighted by Gasteiger charge is 2.33. The van der Waals surface area contributed by atoms with Gasteiger partial charge in [0.2, 0.25) is 0 Å². The van der Waals surface area contributed by atoms with E-state index in [1.54, 1.807) is 18.2 Å². The van der Waals surface area contributed by atoms with Crippen molar-refractivity contribution in [2.24, 2.45) is 0 Å². The lowest BCUT2D eigenvalue weighted by Gasteiger charge is -2.20. The largest absolute Gasteiger partial charge is 0.338 e. The number of nitrogens with one attached hydrogen (secondary N) is 1. The zero-order valence-corrected chi connectivity index (χ0v) is 11.8. The summed E-state index contributed by atoms with van der Waals surface area (Å²) in [7, 11) is -3.56. The lowest BCUT2D eigenvalue weighted by molar-refractivity contribution is 0.578.